The Morgan fingerprint density at radius 3 is 1.78 bits per heavy atom. The standard InChI is InChI=1S/C6H17N2.ClH/c1-5-6(2)8(3,4)7;/h6H,5,7H2,1-4H3;1H/q+1;/p-1. The Balaban J connectivity index is 0. The van der Waals surface area contributed by atoms with Gasteiger partial charge in [-0.1, -0.05) is 6.92 Å². The molecule has 0 aliphatic carbocycles. The predicted octanol–water partition coefficient (Wildman–Crippen LogP) is -2.26. The van der Waals surface area contributed by atoms with Crippen molar-refractivity contribution in [1.82, 2.24) is 0 Å². The molecular weight excluding hydrogens is 136 g/mol. The normalized spacial score (nSPS) is 14.3. The van der Waals surface area contributed by atoms with Gasteiger partial charge in [0.25, 0.3) is 0 Å². The lowest BCUT2D eigenvalue weighted by Crippen LogP contribution is -3.00. The Morgan fingerprint density at radius 1 is 1.44 bits per heavy atom. The van der Waals surface area contributed by atoms with Crippen LogP contribution in [0, 0.1) is 0 Å². The highest BCUT2D eigenvalue weighted by Gasteiger charge is 2.15. The molecule has 2 nitrogen and oxygen atoms in total. The summed E-state index contributed by atoms with van der Waals surface area (Å²) in [6, 6.07) is 0.565. The van der Waals surface area contributed by atoms with Gasteiger partial charge in [0.1, 0.15) is 6.04 Å². The highest BCUT2D eigenvalue weighted by atomic mass is 35.5. The van der Waals surface area contributed by atoms with E-state index in [9.17, 15) is 0 Å². The van der Waals surface area contributed by atoms with Gasteiger partial charge in [-0.3, -0.25) is 4.59 Å². The second-order valence-corrected chi connectivity index (χ2v) is 2.89. The first-order valence-electron chi connectivity index (χ1n) is 3.10. The fourth-order valence-electron chi connectivity index (χ4n) is 0.471. The van der Waals surface area contributed by atoms with Gasteiger partial charge in [-0.25, -0.2) is 0 Å². The summed E-state index contributed by atoms with van der Waals surface area (Å²) in [7, 11) is 4.02. The van der Waals surface area contributed by atoms with Gasteiger partial charge in [-0.15, -0.1) is 0 Å². The van der Waals surface area contributed by atoms with E-state index >= 15 is 0 Å². The van der Waals surface area contributed by atoms with Gasteiger partial charge in [0.15, 0.2) is 0 Å². The number of quaternary nitrogens is 1. The lowest BCUT2D eigenvalue weighted by molar-refractivity contribution is -0.925. The van der Waals surface area contributed by atoms with Crippen LogP contribution in [0.3, 0.4) is 0 Å². The van der Waals surface area contributed by atoms with Crippen molar-refractivity contribution in [2.45, 2.75) is 26.3 Å². The van der Waals surface area contributed by atoms with Crippen molar-refractivity contribution >= 4 is 0 Å². The van der Waals surface area contributed by atoms with Gasteiger partial charge in [0, 0.05) is 0 Å². The van der Waals surface area contributed by atoms with Gasteiger partial charge in [0.2, 0.25) is 0 Å². The van der Waals surface area contributed by atoms with Crippen LogP contribution in [0.15, 0.2) is 0 Å². The van der Waals surface area contributed by atoms with Crippen LogP contribution in [0.5, 0.6) is 0 Å². The summed E-state index contributed by atoms with van der Waals surface area (Å²) in [5.74, 6) is 5.73. The molecule has 0 saturated carbocycles. The van der Waals surface area contributed by atoms with E-state index in [-0.39, 0.29) is 12.4 Å². The van der Waals surface area contributed by atoms with Crippen LogP contribution < -0.4 is 18.2 Å². The second kappa shape index (κ2) is 4.09. The summed E-state index contributed by atoms with van der Waals surface area (Å²) < 4.78 is 0.580. The van der Waals surface area contributed by atoms with Gasteiger partial charge in [0.05, 0.1) is 14.1 Å². The van der Waals surface area contributed by atoms with Crippen molar-refractivity contribution in [3.8, 4) is 0 Å². The summed E-state index contributed by atoms with van der Waals surface area (Å²) in [5, 5.41) is 0. The SMILES string of the molecule is CCC(C)[N+](C)(C)N.[Cl-]. The van der Waals surface area contributed by atoms with Crippen molar-refractivity contribution in [1.29, 1.82) is 0 Å². The molecular formula is C6H17ClN2. The third-order valence-corrected chi connectivity index (χ3v) is 1.73. The van der Waals surface area contributed by atoms with E-state index in [4.69, 9.17) is 5.84 Å². The summed E-state index contributed by atoms with van der Waals surface area (Å²) in [6.45, 7) is 4.30. The molecule has 0 radical (unpaired) electrons. The molecule has 0 spiro atoms. The van der Waals surface area contributed by atoms with E-state index in [1.165, 1.54) is 0 Å². The summed E-state index contributed by atoms with van der Waals surface area (Å²) >= 11 is 0. The van der Waals surface area contributed by atoms with Crippen LogP contribution in [0.25, 0.3) is 0 Å². The van der Waals surface area contributed by atoms with E-state index in [1.807, 2.05) is 14.1 Å². The van der Waals surface area contributed by atoms with E-state index in [0.29, 0.717) is 10.6 Å². The largest absolute Gasteiger partial charge is 1.00 e. The number of hydrogen-bond acceptors (Lipinski definition) is 1. The minimum atomic E-state index is 0. The van der Waals surface area contributed by atoms with Crippen LogP contribution in [0.1, 0.15) is 20.3 Å². The minimum Gasteiger partial charge on any atom is -1.00 e. The first-order valence-corrected chi connectivity index (χ1v) is 3.10. The molecule has 0 saturated heterocycles. The van der Waals surface area contributed by atoms with Crippen LogP contribution in [0.2, 0.25) is 0 Å². The van der Waals surface area contributed by atoms with Gasteiger partial charge >= 0.3 is 0 Å². The van der Waals surface area contributed by atoms with Crippen molar-refractivity contribution in [3.05, 3.63) is 0 Å². The van der Waals surface area contributed by atoms with Crippen molar-refractivity contribution in [3.63, 3.8) is 0 Å². The van der Waals surface area contributed by atoms with Crippen molar-refractivity contribution in [2.75, 3.05) is 14.1 Å². The first-order chi connectivity index (χ1) is 3.48. The first kappa shape index (κ1) is 11.9. The molecule has 0 aromatic heterocycles. The Kier molecular flexibility index (Phi) is 5.43. The number of halogens is 1. The molecule has 0 bridgehead atoms. The minimum absolute atomic E-state index is 0. The fraction of sp³-hybridized carbons (Fsp3) is 1.00. The monoisotopic (exact) mass is 152 g/mol. The van der Waals surface area contributed by atoms with Gasteiger partial charge in [-0.05, 0) is 13.3 Å². The van der Waals surface area contributed by atoms with E-state index in [1.54, 1.807) is 0 Å². The molecule has 0 fully saturated rings. The molecule has 3 heteroatoms. The molecule has 0 heterocycles. The van der Waals surface area contributed by atoms with E-state index in [0.717, 1.165) is 6.42 Å². The summed E-state index contributed by atoms with van der Waals surface area (Å²) in [5.41, 5.74) is 0. The molecule has 0 aromatic carbocycles. The lowest BCUT2D eigenvalue weighted by Gasteiger charge is -2.28. The maximum atomic E-state index is 5.73. The molecule has 0 rings (SSSR count). The highest BCUT2D eigenvalue weighted by molar-refractivity contribution is 4.40. The maximum absolute atomic E-state index is 5.73. The zero-order valence-electron chi connectivity index (χ0n) is 6.69. The van der Waals surface area contributed by atoms with Crippen LogP contribution >= 0.6 is 0 Å². The highest BCUT2D eigenvalue weighted by Crippen LogP contribution is 2.00. The molecule has 0 aliphatic heterocycles. The summed E-state index contributed by atoms with van der Waals surface area (Å²) in [4.78, 5) is 0. The van der Waals surface area contributed by atoms with E-state index in [2.05, 4.69) is 13.8 Å². The molecule has 0 amide bonds. The molecule has 1 atom stereocenters. The zero-order chi connectivity index (χ0) is 6.78. The molecule has 9 heavy (non-hydrogen) atoms. The fourth-order valence-corrected chi connectivity index (χ4v) is 0.471. The Bertz CT molecular complexity index is 67.9. The third-order valence-electron chi connectivity index (χ3n) is 1.73. The third kappa shape index (κ3) is 4.70. The molecule has 0 aliphatic rings. The Labute approximate surface area is 64.0 Å². The van der Waals surface area contributed by atoms with Gasteiger partial charge in [-0.2, -0.15) is 5.84 Å². The van der Waals surface area contributed by atoms with E-state index < -0.39 is 0 Å². The van der Waals surface area contributed by atoms with Crippen molar-refractivity contribution in [2.24, 2.45) is 5.84 Å². The zero-order valence-corrected chi connectivity index (χ0v) is 7.44. The topological polar surface area (TPSA) is 26.0 Å². The molecule has 1 unspecified atom stereocenters. The molecule has 2 N–H and O–H groups in total. The Hall–Kier alpha value is 0.210. The summed E-state index contributed by atoms with van der Waals surface area (Å²) in [6.07, 6.45) is 1.14. The lowest BCUT2D eigenvalue weighted by atomic mass is 10.2. The quantitative estimate of drug-likeness (QED) is 0.270. The smallest absolute Gasteiger partial charge is 0.103 e. The number of nitrogens with two attached hydrogens (primary N) is 1. The number of rotatable bonds is 2. The molecule has 58 valence electrons. The maximum Gasteiger partial charge on any atom is 0.103 e. The number of hydrogen-bond donors (Lipinski definition) is 1. The van der Waals surface area contributed by atoms with Crippen LogP contribution in [0.4, 0.5) is 0 Å². The van der Waals surface area contributed by atoms with Crippen LogP contribution in [-0.4, -0.2) is 24.7 Å². The predicted molar refractivity (Wildman–Crippen MR) is 36.0 cm³/mol. The average molecular weight is 153 g/mol. The Morgan fingerprint density at radius 2 is 1.78 bits per heavy atom. The van der Waals surface area contributed by atoms with Crippen LogP contribution in [-0.2, 0) is 0 Å². The average Bonchev–Trinajstić information content (AvgIpc) is 1.62. The van der Waals surface area contributed by atoms with Gasteiger partial charge < -0.3 is 12.4 Å². The van der Waals surface area contributed by atoms with Crippen molar-refractivity contribution < 1.29 is 17.0 Å². The number of nitrogens with zero attached hydrogens (tertiary/aromatic N) is 1. The molecule has 0 aromatic rings. The second-order valence-electron chi connectivity index (χ2n) is 2.89.